The number of hydrogen-bond acceptors (Lipinski definition) is 3. The lowest BCUT2D eigenvalue weighted by molar-refractivity contribution is -0.145. The third-order valence-corrected chi connectivity index (χ3v) is 2.46. The molecule has 0 aromatic carbocycles. The van der Waals surface area contributed by atoms with Gasteiger partial charge in [0.25, 0.3) is 0 Å². The highest BCUT2D eigenvalue weighted by Gasteiger charge is 2.50. The zero-order chi connectivity index (χ0) is 8.01. The summed E-state index contributed by atoms with van der Waals surface area (Å²) in [7, 11) is 0. The van der Waals surface area contributed by atoms with E-state index in [0.717, 1.165) is 0 Å². The summed E-state index contributed by atoms with van der Waals surface area (Å²) in [6, 6.07) is 0. The van der Waals surface area contributed by atoms with Crippen molar-refractivity contribution in [2.24, 2.45) is 5.92 Å². The number of fused-ring (bicyclic) bond motifs is 2. The van der Waals surface area contributed by atoms with Crippen LogP contribution in [0.1, 0.15) is 12.8 Å². The second kappa shape index (κ2) is 2.19. The van der Waals surface area contributed by atoms with E-state index >= 15 is 0 Å². The number of rotatable bonds is 1. The molecule has 0 spiro atoms. The monoisotopic (exact) mass is 158 g/mol. The maximum absolute atomic E-state index is 10.5. The van der Waals surface area contributed by atoms with Crippen molar-refractivity contribution < 1.29 is 19.7 Å². The third-order valence-electron chi connectivity index (χ3n) is 2.46. The zero-order valence-electron chi connectivity index (χ0n) is 5.93. The number of aliphatic hydroxyl groups is 1. The van der Waals surface area contributed by atoms with Crippen LogP contribution in [-0.4, -0.2) is 34.5 Å². The standard InChI is InChI=1S/C7H10O4/c8-5-2-3-1-4(7(9)10)6(5)11-3/h3-6,8H,1-2H2,(H,9,10)/t3-,4-,5-,6+/m1/s1. The third kappa shape index (κ3) is 0.937. The van der Waals surface area contributed by atoms with Gasteiger partial charge in [0.2, 0.25) is 0 Å². The lowest BCUT2D eigenvalue weighted by atomic mass is 9.87. The molecule has 2 N–H and O–H groups in total. The van der Waals surface area contributed by atoms with Crippen LogP contribution in [0.25, 0.3) is 0 Å². The van der Waals surface area contributed by atoms with Gasteiger partial charge in [0.05, 0.1) is 24.2 Å². The Morgan fingerprint density at radius 3 is 2.55 bits per heavy atom. The highest BCUT2D eigenvalue weighted by Crippen LogP contribution is 2.38. The Balaban J connectivity index is 2.12. The van der Waals surface area contributed by atoms with Crippen molar-refractivity contribution in [1.82, 2.24) is 0 Å². The molecule has 2 rings (SSSR count). The summed E-state index contributed by atoms with van der Waals surface area (Å²) in [5, 5.41) is 17.9. The van der Waals surface area contributed by atoms with Gasteiger partial charge in [-0.1, -0.05) is 0 Å². The molecular weight excluding hydrogens is 148 g/mol. The van der Waals surface area contributed by atoms with Gasteiger partial charge in [-0.15, -0.1) is 0 Å². The number of carboxylic acid groups (broad SMARTS) is 1. The van der Waals surface area contributed by atoms with Crippen molar-refractivity contribution in [3.05, 3.63) is 0 Å². The van der Waals surface area contributed by atoms with Crippen LogP contribution in [0, 0.1) is 5.92 Å². The molecule has 0 aromatic rings. The summed E-state index contributed by atoms with van der Waals surface area (Å²) >= 11 is 0. The fraction of sp³-hybridized carbons (Fsp3) is 0.857. The molecule has 0 amide bonds. The molecule has 2 aliphatic rings. The topological polar surface area (TPSA) is 66.8 Å². The first kappa shape index (κ1) is 7.06. The molecule has 2 bridgehead atoms. The molecule has 0 unspecified atom stereocenters. The molecule has 4 heteroatoms. The summed E-state index contributed by atoms with van der Waals surface area (Å²) in [6.07, 6.45) is 0.148. The molecule has 0 saturated carbocycles. The number of hydrogen-bond donors (Lipinski definition) is 2. The predicted octanol–water partition coefficient (Wildman–Crippen LogP) is -0.391. The maximum atomic E-state index is 10.5. The fourth-order valence-electron chi connectivity index (χ4n) is 1.95. The molecule has 2 fully saturated rings. The first-order valence-corrected chi connectivity index (χ1v) is 3.75. The van der Waals surface area contributed by atoms with Crippen LogP contribution in [0.15, 0.2) is 0 Å². The Bertz CT molecular complexity index is 191. The van der Waals surface area contributed by atoms with Crippen molar-refractivity contribution in [2.45, 2.75) is 31.2 Å². The van der Waals surface area contributed by atoms with Gasteiger partial charge >= 0.3 is 5.97 Å². The highest BCUT2D eigenvalue weighted by molar-refractivity contribution is 5.71. The normalized spacial score (nSPS) is 48.1. The molecule has 11 heavy (non-hydrogen) atoms. The molecule has 0 radical (unpaired) electrons. The molecular formula is C7H10O4. The lowest BCUT2D eigenvalue weighted by Crippen LogP contribution is -2.34. The second-order valence-electron chi connectivity index (χ2n) is 3.21. The van der Waals surface area contributed by atoms with Gasteiger partial charge in [-0.3, -0.25) is 4.79 Å². The van der Waals surface area contributed by atoms with Gasteiger partial charge in [0, 0.05) is 6.42 Å². The minimum atomic E-state index is -0.851. The van der Waals surface area contributed by atoms with Crippen LogP contribution in [0.3, 0.4) is 0 Å². The van der Waals surface area contributed by atoms with Crippen LogP contribution in [0.2, 0.25) is 0 Å². The molecule has 2 aliphatic heterocycles. The average Bonchev–Trinajstić information content (AvgIpc) is 2.43. The molecule has 0 aliphatic carbocycles. The Labute approximate surface area is 63.8 Å². The maximum Gasteiger partial charge on any atom is 0.309 e. The van der Waals surface area contributed by atoms with Crippen molar-refractivity contribution >= 4 is 5.97 Å². The van der Waals surface area contributed by atoms with Gasteiger partial charge in [-0.2, -0.15) is 0 Å². The number of ether oxygens (including phenoxy) is 1. The Morgan fingerprint density at radius 2 is 2.18 bits per heavy atom. The molecule has 62 valence electrons. The van der Waals surface area contributed by atoms with E-state index in [-0.39, 0.29) is 6.10 Å². The molecule has 4 atom stereocenters. The first-order valence-electron chi connectivity index (χ1n) is 3.75. The van der Waals surface area contributed by atoms with Gasteiger partial charge in [-0.25, -0.2) is 0 Å². The minimum Gasteiger partial charge on any atom is -0.481 e. The Morgan fingerprint density at radius 1 is 1.45 bits per heavy atom. The van der Waals surface area contributed by atoms with E-state index in [4.69, 9.17) is 9.84 Å². The van der Waals surface area contributed by atoms with Crippen molar-refractivity contribution in [2.75, 3.05) is 0 Å². The summed E-state index contributed by atoms with van der Waals surface area (Å²) in [5.74, 6) is -1.33. The number of aliphatic carboxylic acids is 1. The van der Waals surface area contributed by atoms with Crippen LogP contribution in [0.5, 0.6) is 0 Å². The fourth-order valence-corrected chi connectivity index (χ4v) is 1.95. The first-order chi connectivity index (χ1) is 5.18. The van der Waals surface area contributed by atoms with E-state index in [1.165, 1.54) is 0 Å². The molecule has 0 aromatic heterocycles. The number of carboxylic acids is 1. The predicted molar refractivity (Wildman–Crippen MR) is 35.0 cm³/mol. The quantitative estimate of drug-likeness (QED) is 0.545. The van der Waals surface area contributed by atoms with E-state index in [1.807, 2.05) is 0 Å². The number of aliphatic hydroxyl groups excluding tert-OH is 1. The summed E-state index contributed by atoms with van der Waals surface area (Å²) in [5.41, 5.74) is 0. The van der Waals surface area contributed by atoms with Crippen LogP contribution in [0.4, 0.5) is 0 Å². The van der Waals surface area contributed by atoms with E-state index in [1.54, 1.807) is 0 Å². The summed E-state index contributed by atoms with van der Waals surface area (Å²) < 4.78 is 5.23. The van der Waals surface area contributed by atoms with Crippen LogP contribution >= 0.6 is 0 Å². The van der Waals surface area contributed by atoms with Gasteiger partial charge in [0.1, 0.15) is 0 Å². The smallest absolute Gasteiger partial charge is 0.309 e. The summed E-state index contributed by atoms with van der Waals surface area (Å²) in [4.78, 5) is 10.5. The number of carbonyl (C=O) groups is 1. The van der Waals surface area contributed by atoms with Gasteiger partial charge in [-0.05, 0) is 6.42 Å². The zero-order valence-corrected chi connectivity index (χ0v) is 5.93. The van der Waals surface area contributed by atoms with E-state index in [0.29, 0.717) is 12.8 Å². The summed E-state index contributed by atoms with van der Waals surface area (Å²) in [6.45, 7) is 0. The second-order valence-corrected chi connectivity index (χ2v) is 3.21. The average molecular weight is 158 g/mol. The minimum absolute atomic E-state index is 0.0175. The SMILES string of the molecule is O=C(O)[C@@H]1C[C@@H]2C[C@@H](O)[C@H]1O2. The largest absolute Gasteiger partial charge is 0.481 e. The van der Waals surface area contributed by atoms with E-state index in [2.05, 4.69) is 0 Å². The van der Waals surface area contributed by atoms with Crippen LogP contribution in [-0.2, 0) is 9.53 Å². The van der Waals surface area contributed by atoms with Crippen LogP contribution < -0.4 is 0 Å². The molecule has 4 nitrogen and oxygen atoms in total. The van der Waals surface area contributed by atoms with Crippen molar-refractivity contribution in [1.29, 1.82) is 0 Å². The Hall–Kier alpha value is -0.610. The van der Waals surface area contributed by atoms with Gasteiger partial charge in [0.15, 0.2) is 0 Å². The molecule has 2 saturated heterocycles. The van der Waals surface area contributed by atoms with Gasteiger partial charge < -0.3 is 14.9 Å². The van der Waals surface area contributed by atoms with E-state index < -0.39 is 24.1 Å². The van der Waals surface area contributed by atoms with Crippen molar-refractivity contribution in [3.63, 3.8) is 0 Å². The lowest BCUT2D eigenvalue weighted by Gasteiger charge is -2.18. The Kier molecular flexibility index (Phi) is 1.40. The molecule has 2 heterocycles. The highest BCUT2D eigenvalue weighted by atomic mass is 16.5. The van der Waals surface area contributed by atoms with E-state index in [9.17, 15) is 9.90 Å². The van der Waals surface area contributed by atoms with Crippen molar-refractivity contribution in [3.8, 4) is 0 Å².